The molecule has 0 saturated carbocycles. The molecule has 0 radical (unpaired) electrons. The Morgan fingerprint density at radius 2 is 1.86 bits per heavy atom. The molecular formula is C17H13N2O2+. The summed E-state index contributed by atoms with van der Waals surface area (Å²) in [4.78, 5) is 12.7. The number of ether oxygens (including phenoxy) is 1. The number of benzene rings is 2. The van der Waals surface area contributed by atoms with Gasteiger partial charge in [0.2, 0.25) is 0 Å². The molecule has 0 aliphatic heterocycles. The highest BCUT2D eigenvalue weighted by atomic mass is 16.5. The van der Waals surface area contributed by atoms with E-state index in [0.29, 0.717) is 0 Å². The van der Waals surface area contributed by atoms with Crippen molar-refractivity contribution in [1.82, 2.24) is 4.40 Å². The number of hydrogen-bond donors (Lipinski definition) is 0. The lowest BCUT2D eigenvalue weighted by Gasteiger charge is -2.05. The van der Waals surface area contributed by atoms with E-state index in [2.05, 4.69) is 0 Å². The van der Waals surface area contributed by atoms with Crippen molar-refractivity contribution in [3.8, 4) is 11.4 Å². The van der Waals surface area contributed by atoms with Crippen molar-refractivity contribution in [2.45, 2.75) is 0 Å². The highest BCUT2D eigenvalue weighted by Crippen LogP contribution is 2.28. The number of hydrogen-bond acceptors (Lipinski definition) is 2. The highest BCUT2D eigenvalue weighted by molar-refractivity contribution is 5.98. The van der Waals surface area contributed by atoms with Crippen LogP contribution in [0, 0.1) is 0 Å². The zero-order valence-electron chi connectivity index (χ0n) is 11.5. The Hall–Kier alpha value is -2.88. The van der Waals surface area contributed by atoms with E-state index in [1.54, 1.807) is 22.3 Å². The van der Waals surface area contributed by atoms with Crippen LogP contribution < -0.4 is 15.0 Å². The van der Waals surface area contributed by atoms with Gasteiger partial charge in [0.25, 0.3) is 0 Å². The molecule has 4 rings (SSSR count). The zero-order chi connectivity index (χ0) is 14.4. The Labute approximate surface area is 120 Å². The predicted molar refractivity (Wildman–Crippen MR) is 80.4 cm³/mol. The molecule has 4 aromatic rings. The summed E-state index contributed by atoms with van der Waals surface area (Å²) in [6.45, 7) is 0. The minimum atomic E-state index is -0.0862. The summed E-state index contributed by atoms with van der Waals surface area (Å²) in [5.74, 6) is 0.760. The number of methoxy groups -OCH3 is 1. The maximum absolute atomic E-state index is 12.7. The number of para-hydroxylation sites is 1. The quantitative estimate of drug-likeness (QED) is 0.526. The van der Waals surface area contributed by atoms with Gasteiger partial charge < -0.3 is 4.74 Å². The smallest absolute Gasteiger partial charge is 0.496 e. The average molecular weight is 277 g/mol. The van der Waals surface area contributed by atoms with Crippen LogP contribution in [0.3, 0.4) is 0 Å². The number of rotatable bonds is 2. The third-order valence-electron chi connectivity index (χ3n) is 3.78. The van der Waals surface area contributed by atoms with Gasteiger partial charge in [0, 0.05) is 5.39 Å². The largest absolute Gasteiger partial charge is 0.508 e. The highest BCUT2D eigenvalue weighted by Gasteiger charge is 2.20. The first-order chi connectivity index (χ1) is 10.3. The first-order valence-electron chi connectivity index (χ1n) is 6.71. The summed E-state index contributed by atoms with van der Waals surface area (Å²) >= 11 is 0. The van der Waals surface area contributed by atoms with Gasteiger partial charge >= 0.3 is 5.69 Å². The maximum atomic E-state index is 12.7. The SMILES string of the molecule is COc1ccc2ccn3c(=O)[n+](-c4ccccc4)cc1c23. The van der Waals surface area contributed by atoms with Crippen molar-refractivity contribution < 1.29 is 9.30 Å². The lowest BCUT2D eigenvalue weighted by Crippen LogP contribution is -2.50. The minimum Gasteiger partial charge on any atom is -0.496 e. The molecule has 0 fully saturated rings. The van der Waals surface area contributed by atoms with Crippen LogP contribution in [0.15, 0.2) is 65.7 Å². The van der Waals surface area contributed by atoms with E-state index in [0.717, 1.165) is 27.7 Å². The van der Waals surface area contributed by atoms with Gasteiger partial charge in [0.1, 0.15) is 29.2 Å². The molecular weight excluding hydrogens is 264 g/mol. The molecule has 0 aliphatic rings. The molecule has 0 N–H and O–H groups in total. The minimum absolute atomic E-state index is 0.0862. The fraction of sp³-hybridized carbons (Fsp3) is 0.0588. The van der Waals surface area contributed by atoms with Gasteiger partial charge in [-0.05, 0) is 30.3 Å². The molecule has 21 heavy (non-hydrogen) atoms. The summed E-state index contributed by atoms with van der Waals surface area (Å²) in [6.07, 6.45) is 3.65. The molecule has 0 saturated heterocycles. The predicted octanol–water partition coefficient (Wildman–Crippen LogP) is 2.18. The second-order valence-electron chi connectivity index (χ2n) is 4.92. The number of nitrogens with zero attached hydrogens (tertiary/aromatic N) is 2. The molecule has 0 bridgehead atoms. The molecule has 0 unspecified atom stereocenters. The van der Waals surface area contributed by atoms with Gasteiger partial charge in [-0.2, -0.15) is 13.8 Å². The molecule has 0 amide bonds. The Bertz CT molecular complexity index is 990. The fourth-order valence-electron chi connectivity index (χ4n) is 2.78. The molecule has 4 nitrogen and oxygen atoms in total. The molecule has 4 heteroatoms. The van der Waals surface area contributed by atoms with E-state index in [9.17, 15) is 4.79 Å². The van der Waals surface area contributed by atoms with Crippen LogP contribution in [0.4, 0.5) is 0 Å². The second kappa shape index (κ2) is 4.31. The Morgan fingerprint density at radius 3 is 2.62 bits per heavy atom. The molecule has 2 heterocycles. The lowest BCUT2D eigenvalue weighted by atomic mass is 10.2. The van der Waals surface area contributed by atoms with Crippen LogP contribution in [0.2, 0.25) is 0 Å². The van der Waals surface area contributed by atoms with Gasteiger partial charge in [-0.25, -0.2) is 0 Å². The lowest BCUT2D eigenvalue weighted by molar-refractivity contribution is -0.614. The van der Waals surface area contributed by atoms with E-state index in [1.807, 2.05) is 54.7 Å². The molecule has 0 aliphatic carbocycles. The van der Waals surface area contributed by atoms with Gasteiger partial charge in [0.05, 0.1) is 7.11 Å². The van der Waals surface area contributed by atoms with Crippen molar-refractivity contribution in [2.24, 2.45) is 0 Å². The summed E-state index contributed by atoms with van der Waals surface area (Å²) in [7, 11) is 1.64. The molecule has 0 atom stereocenters. The van der Waals surface area contributed by atoms with Gasteiger partial charge in [-0.1, -0.05) is 18.2 Å². The van der Waals surface area contributed by atoms with E-state index in [-0.39, 0.29) is 5.69 Å². The van der Waals surface area contributed by atoms with Gasteiger partial charge in [0.15, 0.2) is 5.52 Å². The first-order valence-corrected chi connectivity index (χ1v) is 6.71. The van der Waals surface area contributed by atoms with Crippen molar-refractivity contribution in [3.63, 3.8) is 0 Å². The normalized spacial score (nSPS) is 11.3. The summed E-state index contributed by atoms with van der Waals surface area (Å²) in [6, 6.07) is 15.4. The summed E-state index contributed by atoms with van der Waals surface area (Å²) in [5, 5.41) is 1.95. The Balaban J connectivity index is 2.19. The Morgan fingerprint density at radius 1 is 1.05 bits per heavy atom. The fourth-order valence-corrected chi connectivity index (χ4v) is 2.78. The molecule has 102 valence electrons. The van der Waals surface area contributed by atoms with Crippen LogP contribution in [0.1, 0.15) is 0 Å². The van der Waals surface area contributed by atoms with Crippen LogP contribution in [-0.2, 0) is 0 Å². The third kappa shape index (κ3) is 1.62. The second-order valence-corrected chi connectivity index (χ2v) is 4.92. The third-order valence-corrected chi connectivity index (χ3v) is 3.78. The number of aromatic nitrogens is 2. The topological polar surface area (TPSA) is 34.6 Å². The van der Waals surface area contributed by atoms with Crippen LogP contribution in [0.25, 0.3) is 22.0 Å². The molecule has 0 spiro atoms. The van der Waals surface area contributed by atoms with E-state index >= 15 is 0 Å². The Kier molecular flexibility index (Phi) is 2.44. The summed E-state index contributed by atoms with van der Waals surface area (Å²) < 4.78 is 8.75. The first kappa shape index (κ1) is 11.9. The van der Waals surface area contributed by atoms with Crippen molar-refractivity contribution in [3.05, 3.63) is 71.4 Å². The van der Waals surface area contributed by atoms with Gasteiger partial charge in [-0.15, -0.1) is 0 Å². The molecule has 2 aromatic heterocycles. The average Bonchev–Trinajstić information content (AvgIpc) is 2.97. The van der Waals surface area contributed by atoms with Crippen molar-refractivity contribution in [2.75, 3.05) is 7.11 Å². The van der Waals surface area contributed by atoms with Gasteiger partial charge in [-0.3, -0.25) is 0 Å². The van der Waals surface area contributed by atoms with Crippen LogP contribution in [-0.4, -0.2) is 11.5 Å². The van der Waals surface area contributed by atoms with Crippen LogP contribution >= 0.6 is 0 Å². The standard InChI is InChI=1S/C17H13N2O2/c1-21-15-8-7-12-9-10-18-16(12)14(15)11-19(17(18)20)13-5-3-2-4-6-13/h2-11H,1H3/q+1. The van der Waals surface area contributed by atoms with E-state index in [1.165, 1.54) is 0 Å². The van der Waals surface area contributed by atoms with Crippen molar-refractivity contribution >= 4 is 16.3 Å². The zero-order valence-corrected chi connectivity index (χ0v) is 11.5. The monoisotopic (exact) mass is 277 g/mol. The van der Waals surface area contributed by atoms with Crippen molar-refractivity contribution in [1.29, 1.82) is 0 Å². The summed E-state index contributed by atoms with van der Waals surface area (Å²) in [5.41, 5.74) is 1.64. The van der Waals surface area contributed by atoms with E-state index in [4.69, 9.17) is 4.74 Å². The molecule has 2 aromatic carbocycles. The maximum Gasteiger partial charge on any atom is 0.508 e. The van der Waals surface area contributed by atoms with Crippen LogP contribution in [0.5, 0.6) is 5.75 Å². The van der Waals surface area contributed by atoms with E-state index < -0.39 is 0 Å².